The molecule has 1 amide bonds. The van der Waals surface area contributed by atoms with Crippen molar-refractivity contribution in [3.05, 3.63) is 57.0 Å². The largest absolute Gasteiger partial charge is 0.397 e. The second-order valence-electron chi connectivity index (χ2n) is 3.82. The molecular weight excluding hydrogens is 307 g/mol. The average molecular weight is 316 g/mol. The first-order chi connectivity index (χ1) is 8.97. The van der Waals surface area contributed by atoms with E-state index in [9.17, 15) is 4.79 Å². The lowest BCUT2D eigenvalue weighted by atomic mass is 10.2. The van der Waals surface area contributed by atoms with Gasteiger partial charge in [-0.25, -0.2) is 0 Å². The normalized spacial score (nSPS) is 10.3. The summed E-state index contributed by atoms with van der Waals surface area (Å²) in [5.74, 6) is -0.326. The quantitative estimate of drug-likeness (QED) is 0.803. The van der Waals surface area contributed by atoms with Gasteiger partial charge in [0.2, 0.25) is 0 Å². The number of hydrogen-bond donors (Lipinski definition) is 2. The molecule has 0 atom stereocenters. The van der Waals surface area contributed by atoms with Crippen molar-refractivity contribution in [3.8, 4) is 0 Å². The van der Waals surface area contributed by atoms with E-state index in [-0.39, 0.29) is 21.6 Å². The Morgan fingerprint density at radius 2 is 1.68 bits per heavy atom. The number of nitrogens with one attached hydrogen (secondary N) is 1. The van der Waals surface area contributed by atoms with Crippen molar-refractivity contribution in [2.45, 2.75) is 0 Å². The Bertz CT molecular complexity index is 603. The lowest BCUT2D eigenvalue weighted by Gasteiger charge is -2.08. The molecule has 0 aliphatic carbocycles. The van der Waals surface area contributed by atoms with Crippen LogP contribution in [0.5, 0.6) is 0 Å². The Balaban J connectivity index is 2.23. The van der Waals surface area contributed by atoms with Gasteiger partial charge in [-0.15, -0.1) is 0 Å². The molecule has 0 spiro atoms. The Morgan fingerprint density at radius 3 is 2.26 bits per heavy atom. The highest BCUT2D eigenvalue weighted by atomic mass is 35.5. The van der Waals surface area contributed by atoms with E-state index in [1.54, 1.807) is 24.3 Å². The predicted molar refractivity (Wildman–Crippen MR) is 80.3 cm³/mol. The van der Waals surface area contributed by atoms with Gasteiger partial charge in [0.1, 0.15) is 0 Å². The van der Waals surface area contributed by atoms with E-state index >= 15 is 0 Å². The maximum Gasteiger partial charge on any atom is 0.255 e. The van der Waals surface area contributed by atoms with Gasteiger partial charge in [-0.2, -0.15) is 0 Å². The van der Waals surface area contributed by atoms with E-state index in [0.29, 0.717) is 16.3 Å². The summed E-state index contributed by atoms with van der Waals surface area (Å²) in [6.45, 7) is 0. The maximum absolute atomic E-state index is 12.0. The molecule has 0 aliphatic rings. The molecule has 0 saturated carbocycles. The van der Waals surface area contributed by atoms with E-state index in [1.165, 1.54) is 12.1 Å². The lowest BCUT2D eigenvalue weighted by Crippen LogP contribution is -2.12. The minimum atomic E-state index is -0.326. The number of anilines is 2. The first-order valence-corrected chi connectivity index (χ1v) is 6.42. The topological polar surface area (TPSA) is 55.1 Å². The maximum atomic E-state index is 12.0. The summed E-state index contributed by atoms with van der Waals surface area (Å²) in [5.41, 5.74) is 6.88. The van der Waals surface area contributed by atoms with Gasteiger partial charge >= 0.3 is 0 Å². The molecule has 0 radical (unpaired) electrons. The molecule has 0 bridgehead atoms. The number of rotatable bonds is 2. The van der Waals surface area contributed by atoms with Crippen LogP contribution in [0.15, 0.2) is 36.4 Å². The number of halogens is 3. The molecule has 0 unspecified atom stereocenters. The number of carbonyl (C=O) groups excluding carboxylic acids is 1. The average Bonchev–Trinajstić information content (AvgIpc) is 2.38. The third kappa shape index (κ3) is 3.32. The van der Waals surface area contributed by atoms with E-state index in [4.69, 9.17) is 40.5 Å². The van der Waals surface area contributed by atoms with E-state index in [1.807, 2.05) is 0 Å². The Kier molecular flexibility index (Phi) is 4.20. The SMILES string of the molecule is Nc1cc(C(=O)Nc2ccc(Cl)cc2)cc(Cl)c1Cl. The second kappa shape index (κ2) is 5.70. The smallest absolute Gasteiger partial charge is 0.255 e. The van der Waals surface area contributed by atoms with Crippen molar-refractivity contribution >= 4 is 52.1 Å². The first kappa shape index (κ1) is 14.0. The molecule has 2 aromatic carbocycles. The molecule has 0 fully saturated rings. The van der Waals surface area contributed by atoms with Gasteiger partial charge in [-0.3, -0.25) is 4.79 Å². The van der Waals surface area contributed by atoms with Crippen LogP contribution in [0.4, 0.5) is 11.4 Å². The molecule has 2 rings (SSSR count). The molecule has 98 valence electrons. The third-order valence-corrected chi connectivity index (χ3v) is 3.49. The van der Waals surface area contributed by atoms with Gasteiger partial charge in [-0.1, -0.05) is 34.8 Å². The van der Waals surface area contributed by atoms with Gasteiger partial charge in [0.25, 0.3) is 5.91 Å². The molecule has 0 saturated heterocycles. The fourth-order valence-corrected chi connectivity index (χ4v) is 1.94. The van der Waals surface area contributed by atoms with Crippen molar-refractivity contribution in [2.24, 2.45) is 0 Å². The van der Waals surface area contributed by atoms with Crippen LogP contribution >= 0.6 is 34.8 Å². The van der Waals surface area contributed by atoms with Gasteiger partial charge in [-0.05, 0) is 36.4 Å². The Morgan fingerprint density at radius 1 is 1.05 bits per heavy atom. The minimum Gasteiger partial charge on any atom is -0.397 e. The number of nitrogen functional groups attached to an aromatic ring is 1. The highest BCUT2D eigenvalue weighted by molar-refractivity contribution is 6.44. The van der Waals surface area contributed by atoms with E-state index < -0.39 is 0 Å². The summed E-state index contributed by atoms with van der Waals surface area (Å²) in [5, 5.41) is 3.78. The van der Waals surface area contributed by atoms with Crippen molar-refractivity contribution in [1.29, 1.82) is 0 Å². The molecule has 0 aliphatic heterocycles. The standard InChI is InChI=1S/C13H9Cl3N2O/c14-8-1-3-9(4-2-8)18-13(19)7-5-10(15)12(16)11(17)6-7/h1-6H,17H2,(H,18,19). The summed E-state index contributed by atoms with van der Waals surface area (Å²) in [6, 6.07) is 9.69. The summed E-state index contributed by atoms with van der Waals surface area (Å²) in [6.07, 6.45) is 0. The molecule has 6 heteroatoms. The number of nitrogens with two attached hydrogens (primary N) is 1. The zero-order valence-corrected chi connectivity index (χ0v) is 11.9. The van der Waals surface area contributed by atoms with Gasteiger partial charge < -0.3 is 11.1 Å². The summed E-state index contributed by atoms with van der Waals surface area (Å²) >= 11 is 17.5. The van der Waals surface area contributed by atoms with Crippen LogP contribution < -0.4 is 11.1 Å². The Labute approximate surface area is 125 Å². The van der Waals surface area contributed by atoms with Gasteiger partial charge in [0, 0.05) is 16.3 Å². The molecule has 2 aromatic rings. The van der Waals surface area contributed by atoms with Crippen LogP contribution in [0.25, 0.3) is 0 Å². The molecule has 3 N–H and O–H groups in total. The number of amides is 1. The Hall–Kier alpha value is -1.42. The number of carbonyl (C=O) groups is 1. The van der Waals surface area contributed by atoms with Crippen LogP contribution in [0.2, 0.25) is 15.1 Å². The second-order valence-corrected chi connectivity index (χ2v) is 5.04. The lowest BCUT2D eigenvalue weighted by molar-refractivity contribution is 0.102. The van der Waals surface area contributed by atoms with E-state index in [2.05, 4.69) is 5.32 Å². The van der Waals surface area contributed by atoms with Crippen LogP contribution in [-0.2, 0) is 0 Å². The molecule has 0 heterocycles. The summed E-state index contributed by atoms with van der Waals surface area (Å²) in [4.78, 5) is 12.0. The van der Waals surface area contributed by atoms with Crippen LogP contribution in [-0.4, -0.2) is 5.91 Å². The summed E-state index contributed by atoms with van der Waals surface area (Å²) < 4.78 is 0. The fourth-order valence-electron chi connectivity index (χ4n) is 1.48. The highest BCUT2D eigenvalue weighted by Crippen LogP contribution is 2.29. The highest BCUT2D eigenvalue weighted by Gasteiger charge is 2.11. The van der Waals surface area contributed by atoms with Crippen LogP contribution in [0.1, 0.15) is 10.4 Å². The molecule has 19 heavy (non-hydrogen) atoms. The van der Waals surface area contributed by atoms with Crippen molar-refractivity contribution in [3.63, 3.8) is 0 Å². The predicted octanol–water partition coefficient (Wildman–Crippen LogP) is 4.48. The van der Waals surface area contributed by atoms with E-state index in [0.717, 1.165) is 0 Å². The fraction of sp³-hybridized carbons (Fsp3) is 0. The van der Waals surface area contributed by atoms with Crippen LogP contribution in [0.3, 0.4) is 0 Å². The molecular formula is C13H9Cl3N2O. The zero-order valence-electron chi connectivity index (χ0n) is 9.58. The molecule has 0 aromatic heterocycles. The van der Waals surface area contributed by atoms with Gasteiger partial charge in [0.05, 0.1) is 15.7 Å². The summed E-state index contributed by atoms with van der Waals surface area (Å²) in [7, 11) is 0. The number of hydrogen-bond acceptors (Lipinski definition) is 2. The van der Waals surface area contributed by atoms with Crippen molar-refractivity contribution in [1.82, 2.24) is 0 Å². The van der Waals surface area contributed by atoms with Crippen LogP contribution in [0, 0.1) is 0 Å². The zero-order chi connectivity index (χ0) is 14.0. The van der Waals surface area contributed by atoms with Gasteiger partial charge in [0.15, 0.2) is 0 Å². The molecule has 3 nitrogen and oxygen atoms in total. The number of benzene rings is 2. The first-order valence-electron chi connectivity index (χ1n) is 5.29. The minimum absolute atomic E-state index is 0.239. The van der Waals surface area contributed by atoms with Crippen molar-refractivity contribution < 1.29 is 4.79 Å². The third-order valence-electron chi connectivity index (χ3n) is 2.42. The van der Waals surface area contributed by atoms with Crippen molar-refractivity contribution in [2.75, 3.05) is 11.1 Å². The monoisotopic (exact) mass is 314 g/mol.